The van der Waals surface area contributed by atoms with Crippen molar-refractivity contribution in [3.05, 3.63) is 57.0 Å². The van der Waals surface area contributed by atoms with Crippen molar-refractivity contribution in [1.29, 1.82) is 0 Å². The summed E-state index contributed by atoms with van der Waals surface area (Å²) in [5, 5.41) is 16.1. The van der Waals surface area contributed by atoms with E-state index in [0.29, 0.717) is 6.16 Å². The molecule has 0 bridgehead atoms. The number of nitro groups is 1. The van der Waals surface area contributed by atoms with Crippen molar-refractivity contribution in [1.82, 2.24) is 4.57 Å². The van der Waals surface area contributed by atoms with Crippen molar-refractivity contribution < 1.29 is 18.5 Å². The minimum absolute atomic E-state index is 0.0317. The second-order valence-corrected chi connectivity index (χ2v) is 10.2. The van der Waals surface area contributed by atoms with Crippen molar-refractivity contribution in [2.24, 2.45) is 5.18 Å². The van der Waals surface area contributed by atoms with Crippen LogP contribution in [0.4, 0.5) is 5.69 Å². The Morgan fingerprint density at radius 2 is 1.66 bits per heavy atom. The van der Waals surface area contributed by atoms with Crippen LogP contribution in [0.25, 0.3) is 21.8 Å². The van der Waals surface area contributed by atoms with E-state index in [1.807, 2.05) is 18.2 Å². The van der Waals surface area contributed by atoms with Crippen LogP contribution < -0.4 is 0 Å². The number of non-ortho nitro benzene ring substituents is 1. The highest BCUT2D eigenvalue weighted by Crippen LogP contribution is 2.47. The van der Waals surface area contributed by atoms with Crippen molar-refractivity contribution in [3.63, 3.8) is 0 Å². The summed E-state index contributed by atoms with van der Waals surface area (Å²) < 4.78 is 24.2. The molecule has 10 heteroatoms. The normalized spacial score (nSPS) is 13.0. The van der Waals surface area contributed by atoms with Crippen LogP contribution in [0.15, 0.2) is 41.6 Å². The third kappa shape index (κ3) is 5.06. The van der Waals surface area contributed by atoms with E-state index in [4.69, 9.17) is 9.05 Å². The summed E-state index contributed by atoms with van der Waals surface area (Å²) in [6.07, 6.45) is 3.87. The standard InChI is InChI=1S/C22H28N3O6P/c1-16(23-26)17-8-10-21-19(14-17)20-15-18(25(27)28)9-11-22(20)24(21)12-6-4-5-7-13-32(29,30-2)31-3/h8-11,14-16H,4-7,12-13H2,1-3H3. The lowest BCUT2D eigenvalue weighted by Crippen LogP contribution is -1.99. The smallest absolute Gasteiger partial charge is 0.330 e. The Hall–Kier alpha value is -2.61. The fourth-order valence-electron chi connectivity index (χ4n) is 3.97. The van der Waals surface area contributed by atoms with Crippen LogP contribution in [0.1, 0.15) is 44.2 Å². The summed E-state index contributed by atoms with van der Waals surface area (Å²) in [6.45, 7) is 2.46. The van der Waals surface area contributed by atoms with Gasteiger partial charge < -0.3 is 13.6 Å². The summed E-state index contributed by atoms with van der Waals surface area (Å²) in [7, 11) is -0.168. The lowest BCUT2D eigenvalue weighted by molar-refractivity contribution is -0.384. The van der Waals surface area contributed by atoms with Gasteiger partial charge in [-0.25, -0.2) is 0 Å². The lowest BCUT2D eigenvalue weighted by atomic mass is 10.0. The number of aryl methyl sites for hydroxylation is 1. The second-order valence-electron chi connectivity index (χ2n) is 7.78. The first-order valence-corrected chi connectivity index (χ1v) is 12.3. The van der Waals surface area contributed by atoms with Crippen molar-refractivity contribution >= 4 is 35.1 Å². The van der Waals surface area contributed by atoms with E-state index in [-0.39, 0.29) is 5.69 Å². The van der Waals surface area contributed by atoms with E-state index < -0.39 is 18.6 Å². The Balaban J connectivity index is 1.83. The number of rotatable bonds is 12. The maximum Gasteiger partial charge on any atom is 0.330 e. The van der Waals surface area contributed by atoms with Gasteiger partial charge in [0.2, 0.25) is 0 Å². The van der Waals surface area contributed by atoms with E-state index in [9.17, 15) is 19.6 Å². The molecule has 1 atom stereocenters. The molecule has 0 aliphatic rings. The zero-order valence-corrected chi connectivity index (χ0v) is 19.4. The third-order valence-corrected chi connectivity index (χ3v) is 7.82. The van der Waals surface area contributed by atoms with Crippen LogP contribution in [0.5, 0.6) is 0 Å². The van der Waals surface area contributed by atoms with E-state index in [1.165, 1.54) is 20.3 Å². The van der Waals surface area contributed by atoms with E-state index in [2.05, 4.69) is 9.74 Å². The van der Waals surface area contributed by atoms with Crippen LogP contribution >= 0.6 is 7.60 Å². The molecule has 1 aromatic heterocycles. The third-order valence-electron chi connectivity index (χ3n) is 5.84. The maximum atomic E-state index is 12.1. The van der Waals surface area contributed by atoms with Crippen molar-refractivity contribution in [3.8, 4) is 0 Å². The van der Waals surface area contributed by atoms with Gasteiger partial charge in [0.25, 0.3) is 5.69 Å². The first kappa shape index (κ1) is 24.0. The predicted molar refractivity (Wildman–Crippen MR) is 125 cm³/mol. The number of benzene rings is 2. The molecular formula is C22H28N3O6P. The summed E-state index contributed by atoms with van der Waals surface area (Å²) in [5.74, 6) is 0. The molecule has 2 aromatic carbocycles. The molecule has 1 unspecified atom stereocenters. The minimum Gasteiger partial charge on any atom is -0.340 e. The Morgan fingerprint density at radius 1 is 1.03 bits per heavy atom. The van der Waals surface area contributed by atoms with Crippen LogP contribution in [0.3, 0.4) is 0 Å². The number of hydrogen-bond acceptors (Lipinski definition) is 7. The van der Waals surface area contributed by atoms with Gasteiger partial charge in [-0.2, -0.15) is 4.91 Å². The van der Waals surface area contributed by atoms with E-state index in [0.717, 1.165) is 59.6 Å². The molecule has 0 saturated heterocycles. The van der Waals surface area contributed by atoms with Gasteiger partial charge in [0, 0.05) is 54.7 Å². The number of nitroso groups, excluding NO2 is 1. The Labute approximate surface area is 186 Å². The highest BCUT2D eigenvalue weighted by Gasteiger charge is 2.20. The van der Waals surface area contributed by atoms with Crippen LogP contribution in [-0.4, -0.2) is 29.9 Å². The molecule has 0 aliphatic carbocycles. The summed E-state index contributed by atoms with van der Waals surface area (Å²) >= 11 is 0. The molecule has 32 heavy (non-hydrogen) atoms. The molecule has 9 nitrogen and oxygen atoms in total. The molecule has 0 aliphatic heterocycles. The number of aromatic nitrogens is 1. The van der Waals surface area contributed by atoms with Crippen LogP contribution in [0.2, 0.25) is 0 Å². The van der Waals surface area contributed by atoms with Gasteiger partial charge in [-0.05, 0) is 43.5 Å². The highest BCUT2D eigenvalue weighted by molar-refractivity contribution is 7.53. The fraction of sp³-hybridized carbons (Fsp3) is 0.455. The SMILES string of the molecule is COP(=O)(CCCCCCn1c2ccc(C(C)N=O)cc2c2cc([N+](=O)[O-])ccc21)OC. The predicted octanol–water partition coefficient (Wildman–Crippen LogP) is 6.58. The fourth-order valence-corrected chi connectivity index (χ4v) is 5.10. The first-order valence-electron chi connectivity index (χ1n) is 10.6. The van der Waals surface area contributed by atoms with E-state index in [1.54, 1.807) is 19.1 Å². The second kappa shape index (κ2) is 10.3. The summed E-state index contributed by atoms with van der Waals surface area (Å²) in [5.41, 5.74) is 2.69. The van der Waals surface area contributed by atoms with Gasteiger partial charge in [-0.3, -0.25) is 14.7 Å². The van der Waals surface area contributed by atoms with Crippen LogP contribution in [-0.2, 0) is 20.2 Å². The number of unbranched alkanes of at least 4 members (excludes halogenated alkanes) is 3. The van der Waals surface area contributed by atoms with Gasteiger partial charge in [0.05, 0.1) is 11.1 Å². The molecule has 0 amide bonds. The topological polar surface area (TPSA) is 113 Å². The molecule has 0 saturated carbocycles. The molecule has 3 rings (SSSR count). The largest absolute Gasteiger partial charge is 0.340 e. The first-order chi connectivity index (χ1) is 15.3. The minimum atomic E-state index is -2.96. The van der Waals surface area contributed by atoms with Gasteiger partial charge >= 0.3 is 7.60 Å². The average molecular weight is 461 g/mol. The molecule has 0 fully saturated rings. The van der Waals surface area contributed by atoms with Crippen LogP contribution in [0, 0.1) is 15.0 Å². The monoisotopic (exact) mass is 461 g/mol. The number of nitrogens with zero attached hydrogens (tertiary/aromatic N) is 3. The average Bonchev–Trinajstić information content (AvgIpc) is 3.12. The Morgan fingerprint density at radius 3 is 2.28 bits per heavy atom. The summed E-state index contributed by atoms with van der Waals surface area (Å²) in [4.78, 5) is 21.9. The zero-order chi connectivity index (χ0) is 23.3. The Kier molecular flexibility index (Phi) is 7.77. The molecule has 0 spiro atoms. The Bertz CT molecular complexity index is 1170. The number of hydrogen-bond donors (Lipinski definition) is 0. The van der Waals surface area contributed by atoms with Gasteiger partial charge in [0.15, 0.2) is 0 Å². The number of nitro benzene ring substituents is 1. The van der Waals surface area contributed by atoms with Gasteiger partial charge in [-0.1, -0.05) is 24.1 Å². The van der Waals surface area contributed by atoms with E-state index >= 15 is 0 Å². The quantitative estimate of drug-likeness (QED) is 0.0990. The molecular weight excluding hydrogens is 433 g/mol. The maximum absolute atomic E-state index is 12.1. The molecule has 0 N–H and O–H groups in total. The molecule has 1 heterocycles. The number of fused-ring (bicyclic) bond motifs is 3. The molecule has 0 radical (unpaired) electrons. The van der Waals surface area contributed by atoms with Crippen molar-refractivity contribution in [2.45, 2.75) is 45.2 Å². The summed E-state index contributed by atoms with van der Waals surface area (Å²) in [6, 6.07) is 10.1. The highest BCUT2D eigenvalue weighted by atomic mass is 31.2. The molecule has 3 aromatic rings. The zero-order valence-electron chi connectivity index (χ0n) is 18.5. The van der Waals surface area contributed by atoms with Crippen molar-refractivity contribution in [2.75, 3.05) is 20.4 Å². The van der Waals surface area contributed by atoms with Gasteiger partial charge in [-0.15, -0.1) is 0 Å². The lowest BCUT2D eigenvalue weighted by Gasteiger charge is -2.13. The molecule has 172 valence electrons. The van der Waals surface area contributed by atoms with Gasteiger partial charge in [0.1, 0.15) is 6.04 Å².